The quantitative estimate of drug-likeness (QED) is 0.900. The topological polar surface area (TPSA) is 29.3 Å². The molecule has 0 amide bonds. The van der Waals surface area contributed by atoms with Crippen molar-refractivity contribution in [2.24, 2.45) is 5.73 Å². The molecule has 0 spiro atoms. The van der Waals surface area contributed by atoms with Crippen LogP contribution in [0.3, 0.4) is 0 Å². The molecule has 1 aliphatic heterocycles. The van der Waals surface area contributed by atoms with Crippen molar-refractivity contribution in [3.63, 3.8) is 0 Å². The van der Waals surface area contributed by atoms with E-state index in [-0.39, 0.29) is 6.04 Å². The zero-order valence-corrected chi connectivity index (χ0v) is 12.8. The number of hydrogen-bond donors (Lipinski definition) is 1. The van der Waals surface area contributed by atoms with E-state index in [1.807, 2.05) is 12.1 Å². The second-order valence-corrected chi connectivity index (χ2v) is 6.08. The summed E-state index contributed by atoms with van der Waals surface area (Å²) in [5, 5.41) is 1.19. The van der Waals surface area contributed by atoms with E-state index in [9.17, 15) is 0 Å². The summed E-state index contributed by atoms with van der Waals surface area (Å²) in [5.74, 6) is 0. The molecule has 0 aromatic heterocycles. The molecule has 1 atom stereocenters. The number of benzene rings is 1. The minimum atomic E-state index is -0.0329. The molecule has 1 aromatic carbocycles. The van der Waals surface area contributed by atoms with Crippen LogP contribution in [0.15, 0.2) is 18.2 Å². The predicted molar refractivity (Wildman–Crippen MR) is 82.9 cm³/mol. The van der Waals surface area contributed by atoms with Gasteiger partial charge in [-0.15, -0.1) is 0 Å². The highest BCUT2D eigenvalue weighted by Gasteiger charge is 2.15. The predicted octanol–water partition coefficient (Wildman–Crippen LogP) is 4.26. The Morgan fingerprint density at radius 2 is 1.79 bits per heavy atom. The highest BCUT2D eigenvalue weighted by atomic mass is 35.5. The SMILES string of the molecule is NC(CCN1CCCCCC1)c1cccc(Cl)c1Cl. The molecule has 4 heteroatoms. The fraction of sp³-hybridized carbons (Fsp3) is 0.600. The Labute approximate surface area is 125 Å². The van der Waals surface area contributed by atoms with E-state index in [1.54, 1.807) is 6.07 Å². The van der Waals surface area contributed by atoms with Crippen molar-refractivity contribution >= 4 is 23.2 Å². The Kier molecular flexibility index (Phi) is 5.96. The summed E-state index contributed by atoms with van der Waals surface area (Å²) >= 11 is 12.2. The molecule has 1 aliphatic rings. The first kappa shape index (κ1) is 15.1. The summed E-state index contributed by atoms with van der Waals surface area (Å²) in [7, 11) is 0. The van der Waals surface area contributed by atoms with Gasteiger partial charge in [-0.1, -0.05) is 48.2 Å². The molecule has 1 unspecified atom stereocenters. The molecule has 2 N–H and O–H groups in total. The maximum absolute atomic E-state index is 6.25. The Bertz CT molecular complexity index is 401. The summed E-state index contributed by atoms with van der Waals surface area (Å²) in [5.41, 5.74) is 7.21. The van der Waals surface area contributed by atoms with Crippen molar-refractivity contribution in [2.45, 2.75) is 38.1 Å². The molecule has 0 radical (unpaired) electrons. The fourth-order valence-corrected chi connectivity index (χ4v) is 3.09. The van der Waals surface area contributed by atoms with Gasteiger partial charge in [-0.05, 0) is 50.5 Å². The highest BCUT2D eigenvalue weighted by molar-refractivity contribution is 6.42. The second-order valence-electron chi connectivity index (χ2n) is 5.29. The highest BCUT2D eigenvalue weighted by Crippen LogP contribution is 2.30. The third kappa shape index (κ3) is 4.35. The van der Waals surface area contributed by atoms with Crippen LogP contribution < -0.4 is 5.73 Å². The molecule has 0 bridgehead atoms. The van der Waals surface area contributed by atoms with Gasteiger partial charge in [0.05, 0.1) is 10.0 Å². The average Bonchev–Trinajstić information content (AvgIpc) is 2.68. The first-order chi connectivity index (χ1) is 9.18. The molecule has 0 saturated carbocycles. The van der Waals surface area contributed by atoms with E-state index < -0.39 is 0 Å². The third-order valence-electron chi connectivity index (χ3n) is 3.84. The van der Waals surface area contributed by atoms with Gasteiger partial charge in [0.2, 0.25) is 0 Å². The van der Waals surface area contributed by atoms with Gasteiger partial charge in [-0.3, -0.25) is 0 Å². The summed E-state index contributed by atoms with van der Waals surface area (Å²) < 4.78 is 0. The van der Waals surface area contributed by atoms with Gasteiger partial charge in [0.15, 0.2) is 0 Å². The summed E-state index contributed by atoms with van der Waals surface area (Å²) in [4.78, 5) is 2.52. The minimum absolute atomic E-state index is 0.0329. The van der Waals surface area contributed by atoms with Crippen molar-refractivity contribution in [3.05, 3.63) is 33.8 Å². The first-order valence-corrected chi connectivity index (χ1v) is 7.86. The van der Waals surface area contributed by atoms with Gasteiger partial charge in [-0.25, -0.2) is 0 Å². The smallest absolute Gasteiger partial charge is 0.0640 e. The van der Waals surface area contributed by atoms with Gasteiger partial charge in [0.1, 0.15) is 0 Å². The molecular formula is C15H22Cl2N2. The van der Waals surface area contributed by atoms with Crippen molar-refractivity contribution < 1.29 is 0 Å². The van der Waals surface area contributed by atoms with Crippen LogP contribution >= 0.6 is 23.2 Å². The molecule has 2 nitrogen and oxygen atoms in total. The van der Waals surface area contributed by atoms with Crippen LogP contribution in [0.5, 0.6) is 0 Å². The lowest BCUT2D eigenvalue weighted by Crippen LogP contribution is -2.28. The zero-order valence-electron chi connectivity index (χ0n) is 11.2. The lowest BCUT2D eigenvalue weighted by molar-refractivity contribution is 0.273. The maximum atomic E-state index is 6.25. The normalized spacial score (nSPS) is 19.1. The van der Waals surface area contributed by atoms with Gasteiger partial charge in [-0.2, -0.15) is 0 Å². The third-order valence-corrected chi connectivity index (χ3v) is 4.67. The second kappa shape index (κ2) is 7.49. The summed E-state index contributed by atoms with van der Waals surface area (Å²) in [6, 6.07) is 5.65. The fourth-order valence-electron chi connectivity index (χ4n) is 2.64. The number of rotatable bonds is 4. The van der Waals surface area contributed by atoms with Gasteiger partial charge < -0.3 is 10.6 Å². The number of likely N-dealkylation sites (tertiary alicyclic amines) is 1. The van der Waals surface area contributed by atoms with Gasteiger partial charge in [0.25, 0.3) is 0 Å². The summed E-state index contributed by atoms with van der Waals surface area (Å²) in [6.07, 6.45) is 6.28. The number of hydrogen-bond acceptors (Lipinski definition) is 2. The van der Waals surface area contributed by atoms with Crippen molar-refractivity contribution in [2.75, 3.05) is 19.6 Å². The van der Waals surface area contributed by atoms with E-state index in [0.717, 1.165) is 18.5 Å². The van der Waals surface area contributed by atoms with Crippen molar-refractivity contribution in [1.82, 2.24) is 4.90 Å². The molecule has 1 saturated heterocycles. The molecule has 1 heterocycles. The van der Waals surface area contributed by atoms with Gasteiger partial charge >= 0.3 is 0 Å². The molecule has 2 rings (SSSR count). The van der Waals surface area contributed by atoms with E-state index in [1.165, 1.54) is 38.8 Å². The number of nitrogens with two attached hydrogens (primary N) is 1. The molecular weight excluding hydrogens is 279 g/mol. The van der Waals surface area contributed by atoms with E-state index in [0.29, 0.717) is 10.0 Å². The maximum Gasteiger partial charge on any atom is 0.0640 e. The van der Waals surface area contributed by atoms with E-state index in [4.69, 9.17) is 28.9 Å². The van der Waals surface area contributed by atoms with Crippen molar-refractivity contribution in [3.8, 4) is 0 Å². The van der Waals surface area contributed by atoms with Crippen LogP contribution in [0.2, 0.25) is 10.0 Å². The van der Waals surface area contributed by atoms with Crippen LogP contribution in [0.25, 0.3) is 0 Å². The molecule has 19 heavy (non-hydrogen) atoms. The van der Waals surface area contributed by atoms with E-state index in [2.05, 4.69) is 4.90 Å². The lowest BCUT2D eigenvalue weighted by Gasteiger charge is -2.22. The number of nitrogens with zero attached hydrogens (tertiary/aromatic N) is 1. The zero-order chi connectivity index (χ0) is 13.7. The Balaban J connectivity index is 1.89. The van der Waals surface area contributed by atoms with Crippen LogP contribution in [-0.4, -0.2) is 24.5 Å². The molecule has 106 valence electrons. The molecule has 1 fully saturated rings. The lowest BCUT2D eigenvalue weighted by atomic mass is 10.0. The number of halogens is 2. The largest absolute Gasteiger partial charge is 0.324 e. The molecule has 1 aromatic rings. The van der Waals surface area contributed by atoms with E-state index >= 15 is 0 Å². The Morgan fingerprint density at radius 3 is 2.47 bits per heavy atom. The Morgan fingerprint density at radius 1 is 1.11 bits per heavy atom. The van der Waals surface area contributed by atoms with Crippen LogP contribution in [-0.2, 0) is 0 Å². The monoisotopic (exact) mass is 300 g/mol. The first-order valence-electron chi connectivity index (χ1n) is 7.10. The van der Waals surface area contributed by atoms with Gasteiger partial charge in [0, 0.05) is 6.04 Å². The standard InChI is InChI=1S/C15H22Cl2N2/c16-13-7-5-6-12(15(13)17)14(18)8-11-19-9-3-1-2-4-10-19/h5-7,14H,1-4,8-11,18H2. The minimum Gasteiger partial charge on any atom is -0.324 e. The van der Waals surface area contributed by atoms with Crippen LogP contribution in [0.1, 0.15) is 43.7 Å². The molecule has 0 aliphatic carbocycles. The summed E-state index contributed by atoms with van der Waals surface area (Å²) in [6.45, 7) is 3.45. The van der Waals surface area contributed by atoms with Crippen LogP contribution in [0, 0.1) is 0 Å². The average molecular weight is 301 g/mol. The Hall–Kier alpha value is -0.280. The van der Waals surface area contributed by atoms with Crippen LogP contribution in [0.4, 0.5) is 0 Å². The van der Waals surface area contributed by atoms with Crippen molar-refractivity contribution in [1.29, 1.82) is 0 Å².